The SMILES string of the molecule is Cc1ccccc1C(CN)N1CC(O)CC1CN(C)C. The Hall–Kier alpha value is -0.940. The van der Waals surface area contributed by atoms with Crippen molar-refractivity contribution in [2.75, 3.05) is 33.7 Å². The number of benzene rings is 1. The highest BCUT2D eigenvalue weighted by molar-refractivity contribution is 5.29. The van der Waals surface area contributed by atoms with Crippen molar-refractivity contribution < 1.29 is 5.11 Å². The molecule has 112 valence electrons. The van der Waals surface area contributed by atoms with Crippen LogP contribution >= 0.6 is 0 Å². The van der Waals surface area contributed by atoms with Gasteiger partial charge in [0.25, 0.3) is 0 Å². The summed E-state index contributed by atoms with van der Waals surface area (Å²) in [6.07, 6.45) is 0.596. The Labute approximate surface area is 122 Å². The maximum atomic E-state index is 10.0. The molecule has 0 spiro atoms. The third-order valence-electron chi connectivity index (χ3n) is 4.18. The summed E-state index contributed by atoms with van der Waals surface area (Å²) in [5.41, 5.74) is 8.61. The maximum absolute atomic E-state index is 10.0. The fraction of sp³-hybridized carbons (Fsp3) is 0.625. The Bertz CT molecular complexity index is 435. The molecule has 1 fully saturated rings. The van der Waals surface area contributed by atoms with E-state index in [4.69, 9.17) is 5.73 Å². The lowest BCUT2D eigenvalue weighted by Crippen LogP contribution is -2.42. The molecule has 1 aromatic rings. The third-order valence-corrected chi connectivity index (χ3v) is 4.18. The van der Waals surface area contributed by atoms with Gasteiger partial charge in [0.1, 0.15) is 0 Å². The van der Waals surface area contributed by atoms with Crippen molar-refractivity contribution >= 4 is 0 Å². The molecule has 3 atom stereocenters. The Morgan fingerprint density at radius 1 is 1.40 bits per heavy atom. The number of likely N-dealkylation sites (tertiary alicyclic amines) is 1. The van der Waals surface area contributed by atoms with Crippen molar-refractivity contribution in [3.05, 3.63) is 35.4 Å². The van der Waals surface area contributed by atoms with Crippen LogP contribution in [-0.2, 0) is 0 Å². The smallest absolute Gasteiger partial charge is 0.0682 e. The number of nitrogens with two attached hydrogens (primary N) is 1. The van der Waals surface area contributed by atoms with E-state index in [1.807, 2.05) is 0 Å². The molecule has 0 bridgehead atoms. The number of aryl methyl sites for hydroxylation is 1. The van der Waals surface area contributed by atoms with E-state index in [1.54, 1.807) is 0 Å². The number of β-amino-alcohol motifs (C(OH)–C–C–N with tert-alkyl or cyclic N) is 1. The Balaban J connectivity index is 2.23. The molecule has 0 amide bonds. The summed E-state index contributed by atoms with van der Waals surface area (Å²) in [6.45, 7) is 4.39. The molecule has 0 radical (unpaired) electrons. The van der Waals surface area contributed by atoms with Gasteiger partial charge in [-0.3, -0.25) is 4.90 Å². The quantitative estimate of drug-likeness (QED) is 0.843. The molecule has 1 heterocycles. The van der Waals surface area contributed by atoms with E-state index in [2.05, 4.69) is 55.1 Å². The van der Waals surface area contributed by atoms with Crippen LogP contribution in [0, 0.1) is 6.92 Å². The first-order chi connectivity index (χ1) is 9.52. The van der Waals surface area contributed by atoms with Crippen molar-refractivity contribution in [2.24, 2.45) is 5.73 Å². The molecule has 1 aliphatic heterocycles. The number of aliphatic hydroxyl groups excluding tert-OH is 1. The van der Waals surface area contributed by atoms with E-state index in [-0.39, 0.29) is 12.1 Å². The lowest BCUT2D eigenvalue weighted by atomic mass is 9.99. The average molecular weight is 277 g/mol. The monoisotopic (exact) mass is 277 g/mol. The number of rotatable bonds is 5. The fourth-order valence-corrected chi connectivity index (χ4v) is 3.30. The lowest BCUT2D eigenvalue weighted by Gasteiger charge is -2.34. The minimum absolute atomic E-state index is 0.193. The van der Waals surface area contributed by atoms with E-state index in [0.29, 0.717) is 19.1 Å². The molecule has 0 saturated carbocycles. The van der Waals surface area contributed by atoms with Gasteiger partial charge in [0.15, 0.2) is 0 Å². The second kappa shape index (κ2) is 6.68. The summed E-state index contributed by atoms with van der Waals surface area (Å²) in [5.74, 6) is 0. The van der Waals surface area contributed by atoms with E-state index >= 15 is 0 Å². The van der Waals surface area contributed by atoms with Crippen LogP contribution in [0.5, 0.6) is 0 Å². The zero-order valence-corrected chi connectivity index (χ0v) is 12.8. The van der Waals surface area contributed by atoms with Crippen molar-refractivity contribution in [2.45, 2.75) is 31.5 Å². The molecular formula is C16H27N3O. The van der Waals surface area contributed by atoms with Gasteiger partial charge in [0, 0.05) is 31.7 Å². The van der Waals surface area contributed by atoms with Crippen molar-refractivity contribution in [1.82, 2.24) is 9.80 Å². The molecule has 3 N–H and O–H groups in total. The van der Waals surface area contributed by atoms with E-state index in [1.165, 1.54) is 11.1 Å². The number of nitrogens with zero attached hydrogens (tertiary/aromatic N) is 2. The molecule has 1 aliphatic rings. The third kappa shape index (κ3) is 3.38. The van der Waals surface area contributed by atoms with Gasteiger partial charge in [-0.25, -0.2) is 0 Å². The second-order valence-electron chi connectivity index (χ2n) is 6.11. The van der Waals surface area contributed by atoms with Gasteiger partial charge in [-0.1, -0.05) is 24.3 Å². The topological polar surface area (TPSA) is 52.7 Å². The highest BCUT2D eigenvalue weighted by Crippen LogP contribution is 2.30. The van der Waals surface area contributed by atoms with Gasteiger partial charge < -0.3 is 15.7 Å². The molecule has 4 nitrogen and oxygen atoms in total. The number of aliphatic hydroxyl groups is 1. The minimum Gasteiger partial charge on any atom is -0.392 e. The summed E-state index contributed by atoms with van der Waals surface area (Å²) >= 11 is 0. The minimum atomic E-state index is -0.238. The van der Waals surface area contributed by atoms with Crippen LogP contribution in [0.15, 0.2) is 24.3 Å². The summed E-state index contributed by atoms with van der Waals surface area (Å²) in [4.78, 5) is 4.56. The van der Waals surface area contributed by atoms with E-state index < -0.39 is 0 Å². The first-order valence-electron chi connectivity index (χ1n) is 7.37. The van der Waals surface area contributed by atoms with Gasteiger partial charge in [-0.15, -0.1) is 0 Å². The summed E-state index contributed by atoms with van der Waals surface area (Å²) < 4.78 is 0. The Morgan fingerprint density at radius 3 is 2.70 bits per heavy atom. The Morgan fingerprint density at radius 2 is 2.10 bits per heavy atom. The molecule has 0 aliphatic carbocycles. The molecule has 20 heavy (non-hydrogen) atoms. The van der Waals surface area contributed by atoms with Crippen LogP contribution in [0.4, 0.5) is 0 Å². The van der Waals surface area contributed by atoms with Crippen molar-refractivity contribution in [3.8, 4) is 0 Å². The van der Waals surface area contributed by atoms with Crippen LogP contribution in [0.2, 0.25) is 0 Å². The molecule has 1 saturated heterocycles. The molecule has 2 rings (SSSR count). The van der Waals surface area contributed by atoms with Crippen LogP contribution < -0.4 is 5.73 Å². The highest BCUT2D eigenvalue weighted by atomic mass is 16.3. The van der Waals surface area contributed by atoms with Gasteiger partial charge in [0.05, 0.1) is 6.10 Å². The van der Waals surface area contributed by atoms with Gasteiger partial charge in [-0.2, -0.15) is 0 Å². The molecule has 0 aromatic heterocycles. The average Bonchev–Trinajstić information content (AvgIpc) is 2.73. The van der Waals surface area contributed by atoms with Crippen molar-refractivity contribution in [3.63, 3.8) is 0 Å². The molecule has 4 heteroatoms. The summed E-state index contributed by atoms with van der Waals surface area (Å²) in [5, 5.41) is 10.0. The fourth-order valence-electron chi connectivity index (χ4n) is 3.30. The number of hydrogen-bond acceptors (Lipinski definition) is 4. The Kier molecular flexibility index (Phi) is 5.16. The van der Waals surface area contributed by atoms with Gasteiger partial charge in [-0.05, 0) is 38.6 Å². The summed E-state index contributed by atoms with van der Waals surface area (Å²) in [7, 11) is 4.15. The van der Waals surface area contributed by atoms with E-state index in [0.717, 1.165) is 13.0 Å². The van der Waals surface area contributed by atoms with Gasteiger partial charge >= 0.3 is 0 Å². The highest BCUT2D eigenvalue weighted by Gasteiger charge is 2.36. The largest absolute Gasteiger partial charge is 0.392 e. The van der Waals surface area contributed by atoms with Crippen LogP contribution in [0.1, 0.15) is 23.6 Å². The molecule has 1 aromatic carbocycles. The molecule has 3 unspecified atom stereocenters. The summed E-state index contributed by atoms with van der Waals surface area (Å²) in [6, 6.07) is 8.97. The van der Waals surface area contributed by atoms with Crippen molar-refractivity contribution in [1.29, 1.82) is 0 Å². The predicted molar refractivity (Wildman–Crippen MR) is 82.6 cm³/mol. The van der Waals surface area contributed by atoms with Gasteiger partial charge in [0.2, 0.25) is 0 Å². The first-order valence-corrected chi connectivity index (χ1v) is 7.37. The predicted octanol–water partition coefficient (Wildman–Crippen LogP) is 0.992. The first kappa shape index (κ1) is 15.4. The van der Waals surface area contributed by atoms with E-state index in [9.17, 15) is 5.11 Å². The zero-order chi connectivity index (χ0) is 14.7. The number of hydrogen-bond donors (Lipinski definition) is 2. The normalized spacial score (nSPS) is 25.3. The van der Waals surface area contributed by atoms with Crippen LogP contribution in [0.3, 0.4) is 0 Å². The van der Waals surface area contributed by atoms with Crippen LogP contribution in [-0.4, -0.2) is 60.8 Å². The standard InChI is InChI=1S/C16H27N3O/c1-12-6-4-5-7-15(12)16(9-17)19-11-14(20)8-13(19)10-18(2)3/h4-7,13-14,16,20H,8-11,17H2,1-3H3. The van der Waals surface area contributed by atoms with Crippen LogP contribution in [0.25, 0.3) is 0 Å². The zero-order valence-electron chi connectivity index (χ0n) is 12.8. The molecular weight excluding hydrogens is 250 g/mol. The lowest BCUT2D eigenvalue weighted by molar-refractivity contribution is 0.138. The maximum Gasteiger partial charge on any atom is 0.0682 e. The second-order valence-corrected chi connectivity index (χ2v) is 6.11. The number of likely N-dealkylation sites (N-methyl/N-ethyl adjacent to an activating group) is 1.